The van der Waals surface area contributed by atoms with Gasteiger partial charge < -0.3 is 19.7 Å². The molecule has 0 saturated carbocycles. The van der Waals surface area contributed by atoms with E-state index in [4.69, 9.17) is 9.47 Å². The number of benzene rings is 2. The molecule has 164 valence electrons. The van der Waals surface area contributed by atoms with Crippen LogP contribution in [0.25, 0.3) is 11.3 Å². The molecule has 1 N–H and O–H groups in total. The summed E-state index contributed by atoms with van der Waals surface area (Å²) in [5, 5.41) is 12.0. The van der Waals surface area contributed by atoms with Gasteiger partial charge in [0.1, 0.15) is 0 Å². The van der Waals surface area contributed by atoms with Crippen LogP contribution >= 0.6 is 0 Å². The van der Waals surface area contributed by atoms with E-state index >= 15 is 0 Å². The highest BCUT2D eigenvalue weighted by Crippen LogP contribution is 2.32. The van der Waals surface area contributed by atoms with Crippen molar-refractivity contribution < 1.29 is 14.3 Å². The summed E-state index contributed by atoms with van der Waals surface area (Å²) in [6.07, 6.45) is 1.82. The minimum Gasteiger partial charge on any atom is -0.454 e. The number of hydrogen-bond donors (Lipinski definition) is 1. The molecular formula is C25H26N4O3. The molecule has 7 nitrogen and oxygen atoms in total. The molecule has 1 unspecified atom stereocenters. The van der Waals surface area contributed by atoms with E-state index in [9.17, 15) is 4.79 Å². The van der Waals surface area contributed by atoms with Crippen molar-refractivity contribution in [3.05, 3.63) is 65.7 Å². The van der Waals surface area contributed by atoms with E-state index < -0.39 is 0 Å². The predicted molar refractivity (Wildman–Crippen MR) is 122 cm³/mol. The number of nitrogens with zero attached hydrogens (tertiary/aromatic N) is 3. The smallest absolute Gasteiger partial charge is 0.231 e. The van der Waals surface area contributed by atoms with Gasteiger partial charge in [0.05, 0.1) is 11.6 Å². The van der Waals surface area contributed by atoms with Crippen LogP contribution in [0.2, 0.25) is 0 Å². The van der Waals surface area contributed by atoms with Crippen LogP contribution < -0.4 is 19.7 Å². The van der Waals surface area contributed by atoms with Crippen LogP contribution in [0.5, 0.6) is 11.5 Å². The third-order valence-corrected chi connectivity index (χ3v) is 6.09. The van der Waals surface area contributed by atoms with Gasteiger partial charge in [0, 0.05) is 25.2 Å². The largest absolute Gasteiger partial charge is 0.454 e. The van der Waals surface area contributed by atoms with E-state index in [0.29, 0.717) is 13.1 Å². The number of fused-ring (bicyclic) bond motifs is 1. The fraction of sp³-hybridized carbons (Fsp3) is 0.320. The van der Waals surface area contributed by atoms with Crippen molar-refractivity contribution in [1.82, 2.24) is 15.5 Å². The fourth-order valence-electron chi connectivity index (χ4n) is 4.28. The molecule has 32 heavy (non-hydrogen) atoms. The van der Waals surface area contributed by atoms with Gasteiger partial charge in [0.15, 0.2) is 17.3 Å². The van der Waals surface area contributed by atoms with Gasteiger partial charge >= 0.3 is 0 Å². The summed E-state index contributed by atoms with van der Waals surface area (Å²) >= 11 is 0. The standard InChI is InChI=1S/C25H26N4O3/c1-17-5-2-3-7-20(17)21-9-11-24(28-27-21)29-12-4-6-19(15-29)25(30)26-14-18-8-10-22-23(13-18)32-16-31-22/h2-3,5,7-11,13,19H,4,6,12,14-16H2,1H3,(H,26,30). The first-order valence-electron chi connectivity index (χ1n) is 11.0. The number of anilines is 1. The zero-order valence-corrected chi connectivity index (χ0v) is 18.1. The van der Waals surface area contributed by atoms with Crippen molar-refractivity contribution in [3.8, 4) is 22.8 Å². The molecule has 0 bridgehead atoms. The van der Waals surface area contributed by atoms with Crippen molar-refractivity contribution in [2.24, 2.45) is 5.92 Å². The van der Waals surface area contributed by atoms with Crippen LogP contribution in [0.4, 0.5) is 5.82 Å². The number of aryl methyl sites for hydroxylation is 1. The molecule has 2 aliphatic heterocycles. The van der Waals surface area contributed by atoms with Crippen molar-refractivity contribution >= 4 is 11.7 Å². The van der Waals surface area contributed by atoms with E-state index in [1.54, 1.807) is 0 Å². The minimum absolute atomic E-state index is 0.0665. The SMILES string of the molecule is Cc1ccccc1-c1ccc(N2CCCC(C(=O)NCc3ccc4c(c3)OCO4)C2)nn1. The van der Waals surface area contributed by atoms with Crippen LogP contribution in [0, 0.1) is 12.8 Å². The highest BCUT2D eigenvalue weighted by atomic mass is 16.7. The molecule has 2 aliphatic rings. The molecule has 0 radical (unpaired) electrons. The molecule has 1 amide bonds. The number of ether oxygens (including phenoxy) is 2. The first kappa shape index (κ1) is 20.3. The van der Waals surface area contributed by atoms with Crippen molar-refractivity contribution in [2.45, 2.75) is 26.3 Å². The third-order valence-electron chi connectivity index (χ3n) is 6.09. The number of carbonyl (C=O) groups is 1. The van der Waals surface area contributed by atoms with Crippen LogP contribution in [-0.2, 0) is 11.3 Å². The zero-order valence-electron chi connectivity index (χ0n) is 18.1. The molecule has 3 aromatic rings. The average molecular weight is 431 g/mol. The molecule has 1 fully saturated rings. The number of nitrogens with one attached hydrogen (secondary N) is 1. The number of aromatic nitrogens is 2. The Morgan fingerprint density at radius 2 is 1.97 bits per heavy atom. The van der Waals surface area contributed by atoms with E-state index in [2.05, 4.69) is 39.5 Å². The molecule has 7 heteroatoms. The fourth-order valence-corrected chi connectivity index (χ4v) is 4.28. The Kier molecular flexibility index (Phi) is 5.62. The van der Waals surface area contributed by atoms with Crippen molar-refractivity contribution in [2.75, 3.05) is 24.8 Å². The summed E-state index contributed by atoms with van der Waals surface area (Å²) < 4.78 is 10.8. The van der Waals surface area contributed by atoms with E-state index in [0.717, 1.165) is 53.5 Å². The highest BCUT2D eigenvalue weighted by Gasteiger charge is 2.27. The number of hydrogen-bond acceptors (Lipinski definition) is 6. The third kappa shape index (κ3) is 4.23. The molecule has 1 aromatic heterocycles. The van der Waals surface area contributed by atoms with Crippen molar-refractivity contribution in [1.29, 1.82) is 0 Å². The molecule has 1 atom stereocenters. The predicted octanol–water partition coefficient (Wildman–Crippen LogP) is 3.71. The zero-order chi connectivity index (χ0) is 21.9. The van der Waals surface area contributed by atoms with Gasteiger partial charge in [-0.25, -0.2) is 0 Å². The monoisotopic (exact) mass is 430 g/mol. The lowest BCUT2D eigenvalue weighted by Crippen LogP contribution is -2.43. The van der Waals surface area contributed by atoms with Crippen LogP contribution in [0.1, 0.15) is 24.0 Å². The topological polar surface area (TPSA) is 76.6 Å². The maximum atomic E-state index is 12.8. The average Bonchev–Trinajstić information content (AvgIpc) is 3.31. The van der Waals surface area contributed by atoms with Gasteiger partial charge in [-0.05, 0) is 55.2 Å². The quantitative estimate of drug-likeness (QED) is 0.665. The molecular weight excluding hydrogens is 404 g/mol. The van der Waals surface area contributed by atoms with Crippen molar-refractivity contribution in [3.63, 3.8) is 0 Å². The summed E-state index contributed by atoms with van der Waals surface area (Å²) in [6, 6.07) is 17.9. The van der Waals surface area contributed by atoms with Gasteiger partial charge in [0.25, 0.3) is 0 Å². The second-order valence-electron chi connectivity index (χ2n) is 8.28. The Hall–Kier alpha value is -3.61. The van der Waals surface area contributed by atoms with Gasteiger partial charge in [0.2, 0.25) is 12.7 Å². The maximum absolute atomic E-state index is 12.8. The summed E-state index contributed by atoms with van der Waals surface area (Å²) in [6.45, 7) is 4.31. The molecule has 3 heterocycles. The lowest BCUT2D eigenvalue weighted by Gasteiger charge is -2.32. The second kappa shape index (κ2) is 8.86. The summed E-state index contributed by atoms with van der Waals surface area (Å²) in [4.78, 5) is 15.0. The second-order valence-corrected chi connectivity index (χ2v) is 8.28. The molecule has 0 aliphatic carbocycles. The summed E-state index contributed by atoms with van der Waals surface area (Å²) in [5.41, 5.74) is 4.12. The minimum atomic E-state index is -0.0735. The Labute approximate surface area is 187 Å². The van der Waals surface area contributed by atoms with E-state index in [1.165, 1.54) is 5.56 Å². The first-order valence-corrected chi connectivity index (χ1v) is 11.0. The lowest BCUT2D eigenvalue weighted by atomic mass is 9.97. The van der Waals surface area contributed by atoms with Gasteiger partial charge in [-0.3, -0.25) is 4.79 Å². The van der Waals surface area contributed by atoms with E-state index in [-0.39, 0.29) is 18.6 Å². The number of piperidine rings is 1. The summed E-state index contributed by atoms with van der Waals surface area (Å²) in [5.74, 6) is 2.29. The number of amides is 1. The first-order chi connectivity index (χ1) is 15.7. The normalized spacial score (nSPS) is 17.3. The van der Waals surface area contributed by atoms with Crippen LogP contribution in [-0.4, -0.2) is 36.0 Å². The van der Waals surface area contributed by atoms with E-state index in [1.807, 2.05) is 42.5 Å². The number of carbonyl (C=O) groups excluding carboxylic acids is 1. The Bertz CT molecular complexity index is 1120. The molecule has 0 spiro atoms. The van der Waals surface area contributed by atoms with Gasteiger partial charge in [-0.2, -0.15) is 0 Å². The summed E-state index contributed by atoms with van der Waals surface area (Å²) in [7, 11) is 0. The molecule has 2 aromatic carbocycles. The Morgan fingerprint density at radius 1 is 1.09 bits per heavy atom. The van der Waals surface area contributed by atoms with Crippen LogP contribution in [0.15, 0.2) is 54.6 Å². The van der Waals surface area contributed by atoms with Crippen LogP contribution in [0.3, 0.4) is 0 Å². The maximum Gasteiger partial charge on any atom is 0.231 e. The highest BCUT2D eigenvalue weighted by molar-refractivity contribution is 5.79. The Balaban J connectivity index is 1.20. The molecule has 1 saturated heterocycles. The Morgan fingerprint density at radius 3 is 2.81 bits per heavy atom. The molecule has 5 rings (SSSR count). The lowest BCUT2D eigenvalue weighted by molar-refractivity contribution is -0.125. The van der Waals surface area contributed by atoms with Gasteiger partial charge in [-0.15, -0.1) is 10.2 Å². The van der Waals surface area contributed by atoms with Gasteiger partial charge in [-0.1, -0.05) is 30.3 Å². The number of rotatable bonds is 5.